The molecular weight excluding hydrogens is 177 g/mol. The van der Waals surface area contributed by atoms with Gasteiger partial charge in [0.15, 0.2) is 0 Å². The lowest BCUT2D eigenvalue weighted by Gasteiger charge is -2.28. The molecule has 0 amide bonds. The molecule has 1 unspecified atom stereocenters. The SMILES string of the molecule is Cc1ccc(C(F)CC2CNC2)cc1. The second kappa shape index (κ2) is 4.09. The number of benzene rings is 1. The first-order valence-electron chi connectivity index (χ1n) is 5.17. The van der Waals surface area contributed by atoms with Gasteiger partial charge in [-0.05, 0) is 37.9 Å². The standard InChI is InChI=1S/C12H16FN/c1-9-2-4-11(5-3-9)12(13)6-10-7-14-8-10/h2-5,10,12,14H,6-8H2,1H3. The van der Waals surface area contributed by atoms with Crippen molar-refractivity contribution in [1.29, 1.82) is 0 Å². The van der Waals surface area contributed by atoms with Crippen molar-refractivity contribution in [2.24, 2.45) is 5.92 Å². The van der Waals surface area contributed by atoms with Gasteiger partial charge in [0.2, 0.25) is 0 Å². The number of rotatable bonds is 3. The third-order valence-corrected chi connectivity index (χ3v) is 2.85. The molecule has 0 bridgehead atoms. The van der Waals surface area contributed by atoms with Gasteiger partial charge in [-0.2, -0.15) is 0 Å². The van der Waals surface area contributed by atoms with Crippen LogP contribution in [0.5, 0.6) is 0 Å². The summed E-state index contributed by atoms with van der Waals surface area (Å²) in [6.07, 6.45) is -0.126. The van der Waals surface area contributed by atoms with Gasteiger partial charge in [0, 0.05) is 0 Å². The summed E-state index contributed by atoms with van der Waals surface area (Å²) in [5.74, 6) is 0.534. The number of hydrogen-bond acceptors (Lipinski definition) is 1. The Bertz CT molecular complexity index is 290. The number of halogens is 1. The molecule has 76 valence electrons. The Kier molecular flexibility index (Phi) is 2.82. The van der Waals surface area contributed by atoms with E-state index in [0.29, 0.717) is 12.3 Å². The van der Waals surface area contributed by atoms with E-state index >= 15 is 0 Å². The van der Waals surface area contributed by atoms with Gasteiger partial charge in [0.1, 0.15) is 6.17 Å². The fourth-order valence-electron chi connectivity index (χ4n) is 1.72. The predicted octanol–water partition coefficient (Wildman–Crippen LogP) is 2.62. The van der Waals surface area contributed by atoms with Crippen molar-refractivity contribution in [3.63, 3.8) is 0 Å². The Balaban J connectivity index is 1.95. The van der Waals surface area contributed by atoms with E-state index in [0.717, 1.165) is 18.7 Å². The zero-order chi connectivity index (χ0) is 9.97. The molecule has 1 saturated heterocycles. The number of hydrogen-bond donors (Lipinski definition) is 1. The van der Waals surface area contributed by atoms with E-state index in [1.54, 1.807) is 0 Å². The molecule has 1 fully saturated rings. The summed E-state index contributed by atoms with van der Waals surface area (Å²) in [6, 6.07) is 7.74. The maximum atomic E-state index is 13.7. The van der Waals surface area contributed by atoms with Gasteiger partial charge in [-0.25, -0.2) is 4.39 Å². The van der Waals surface area contributed by atoms with E-state index < -0.39 is 6.17 Å². The molecule has 1 aliphatic heterocycles. The van der Waals surface area contributed by atoms with Gasteiger partial charge in [-0.15, -0.1) is 0 Å². The Labute approximate surface area is 84.3 Å². The monoisotopic (exact) mass is 193 g/mol. The van der Waals surface area contributed by atoms with Crippen molar-refractivity contribution in [3.8, 4) is 0 Å². The highest BCUT2D eigenvalue weighted by atomic mass is 19.1. The first-order chi connectivity index (χ1) is 6.75. The van der Waals surface area contributed by atoms with Gasteiger partial charge in [0.25, 0.3) is 0 Å². The molecule has 1 N–H and O–H groups in total. The molecule has 14 heavy (non-hydrogen) atoms. The quantitative estimate of drug-likeness (QED) is 0.778. The largest absolute Gasteiger partial charge is 0.316 e. The average molecular weight is 193 g/mol. The molecule has 1 nitrogen and oxygen atoms in total. The molecule has 1 heterocycles. The normalized spacial score (nSPS) is 19.0. The molecule has 1 aliphatic rings. The van der Waals surface area contributed by atoms with Crippen molar-refractivity contribution in [2.45, 2.75) is 19.5 Å². The molecule has 2 heteroatoms. The van der Waals surface area contributed by atoms with Gasteiger partial charge in [0.05, 0.1) is 0 Å². The summed E-state index contributed by atoms with van der Waals surface area (Å²) in [7, 11) is 0. The molecule has 0 aromatic heterocycles. The van der Waals surface area contributed by atoms with Crippen LogP contribution in [0.15, 0.2) is 24.3 Å². The summed E-state index contributed by atoms with van der Waals surface area (Å²) in [5, 5.41) is 3.16. The van der Waals surface area contributed by atoms with Crippen LogP contribution >= 0.6 is 0 Å². The molecule has 1 aromatic carbocycles. The minimum Gasteiger partial charge on any atom is -0.316 e. The van der Waals surface area contributed by atoms with Gasteiger partial charge in [-0.3, -0.25) is 0 Å². The van der Waals surface area contributed by atoms with Crippen molar-refractivity contribution in [3.05, 3.63) is 35.4 Å². The van der Waals surface area contributed by atoms with Crippen LogP contribution in [0.4, 0.5) is 4.39 Å². The third-order valence-electron chi connectivity index (χ3n) is 2.85. The Hall–Kier alpha value is -0.890. The van der Waals surface area contributed by atoms with E-state index in [2.05, 4.69) is 5.32 Å². The van der Waals surface area contributed by atoms with Crippen molar-refractivity contribution >= 4 is 0 Å². The summed E-state index contributed by atoms with van der Waals surface area (Å²) in [4.78, 5) is 0. The van der Waals surface area contributed by atoms with E-state index in [1.165, 1.54) is 5.56 Å². The van der Waals surface area contributed by atoms with Crippen molar-refractivity contribution < 1.29 is 4.39 Å². The molecule has 2 rings (SSSR count). The number of alkyl halides is 1. The Morgan fingerprint density at radius 2 is 2.00 bits per heavy atom. The first kappa shape index (κ1) is 9.66. The molecule has 1 aromatic rings. The predicted molar refractivity (Wildman–Crippen MR) is 56.0 cm³/mol. The van der Waals surface area contributed by atoms with Crippen molar-refractivity contribution in [2.75, 3.05) is 13.1 Å². The second-order valence-electron chi connectivity index (χ2n) is 4.14. The molecule has 0 aliphatic carbocycles. The van der Waals surface area contributed by atoms with E-state index in [4.69, 9.17) is 0 Å². The lowest BCUT2D eigenvalue weighted by atomic mass is 9.93. The molecule has 0 spiro atoms. The van der Waals surface area contributed by atoms with Crippen LogP contribution in [0.1, 0.15) is 23.7 Å². The molecule has 0 saturated carbocycles. The zero-order valence-corrected chi connectivity index (χ0v) is 8.46. The maximum Gasteiger partial charge on any atom is 0.125 e. The topological polar surface area (TPSA) is 12.0 Å². The second-order valence-corrected chi connectivity index (χ2v) is 4.14. The van der Waals surface area contributed by atoms with Crippen LogP contribution < -0.4 is 5.32 Å². The number of nitrogens with one attached hydrogen (secondary N) is 1. The summed E-state index contributed by atoms with van der Waals surface area (Å²) in [6.45, 7) is 3.98. The maximum absolute atomic E-state index is 13.7. The van der Waals surface area contributed by atoms with E-state index in [-0.39, 0.29) is 0 Å². The highest BCUT2D eigenvalue weighted by Gasteiger charge is 2.22. The van der Waals surface area contributed by atoms with Crippen LogP contribution in [-0.2, 0) is 0 Å². The third kappa shape index (κ3) is 2.13. The lowest BCUT2D eigenvalue weighted by molar-refractivity contribution is 0.224. The fraction of sp³-hybridized carbons (Fsp3) is 0.500. The minimum absolute atomic E-state index is 0.534. The van der Waals surface area contributed by atoms with Crippen LogP contribution in [0.2, 0.25) is 0 Å². The van der Waals surface area contributed by atoms with Crippen LogP contribution in [-0.4, -0.2) is 13.1 Å². The van der Waals surface area contributed by atoms with E-state index in [9.17, 15) is 4.39 Å². The van der Waals surface area contributed by atoms with E-state index in [1.807, 2.05) is 31.2 Å². The first-order valence-corrected chi connectivity index (χ1v) is 5.17. The summed E-state index contributed by atoms with van der Waals surface area (Å²) >= 11 is 0. The van der Waals surface area contributed by atoms with Crippen LogP contribution in [0, 0.1) is 12.8 Å². The Morgan fingerprint density at radius 3 is 2.50 bits per heavy atom. The van der Waals surface area contributed by atoms with Gasteiger partial charge >= 0.3 is 0 Å². The average Bonchev–Trinajstić information content (AvgIpc) is 2.12. The number of aryl methyl sites for hydroxylation is 1. The lowest BCUT2D eigenvalue weighted by Crippen LogP contribution is -2.42. The highest BCUT2D eigenvalue weighted by molar-refractivity contribution is 5.23. The van der Waals surface area contributed by atoms with Crippen molar-refractivity contribution in [1.82, 2.24) is 5.32 Å². The highest BCUT2D eigenvalue weighted by Crippen LogP contribution is 2.26. The zero-order valence-electron chi connectivity index (χ0n) is 8.46. The van der Waals surface area contributed by atoms with Gasteiger partial charge < -0.3 is 5.32 Å². The molecular formula is C12H16FN. The smallest absolute Gasteiger partial charge is 0.125 e. The molecule has 0 radical (unpaired) electrons. The summed E-state index contributed by atoms with van der Waals surface area (Å²) < 4.78 is 13.7. The fourth-order valence-corrected chi connectivity index (χ4v) is 1.72. The summed E-state index contributed by atoms with van der Waals surface area (Å²) in [5.41, 5.74) is 2.01. The van der Waals surface area contributed by atoms with Crippen LogP contribution in [0.3, 0.4) is 0 Å². The van der Waals surface area contributed by atoms with Crippen LogP contribution in [0.25, 0.3) is 0 Å². The van der Waals surface area contributed by atoms with Gasteiger partial charge in [-0.1, -0.05) is 29.8 Å². The Morgan fingerprint density at radius 1 is 1.36 bits per heavy atom. The minimum atomic E-state index is -0.789. The molecule has 1 atom stereocenters.